The molecule has 1 N–H and O–H groups in total. The molecule has 0 saturated heterocycles. The number of rotatable bonds is 1. The Morgan fingerprint density at radius 2 is 1.85 bits per heavy atom. The first-order chi connectivity index (χ1) is 5.95. The van der Waals surface area contributed by atoms with E-state index in [4.69, 9.17) is 0 Å². The molecular weight excluding hydrogens is 165 g/mol. The number of hydrogen-bond donors (Lipinski definition) is 1. The first kappa shape index (κ1) is 10.0. The van der Waals surface area contributed by atoms with Crippen molar-refractivity contribution >= 4 is 5.69 Å². The summed E-state index contributed by atoms with van der Waals surface area (Å²) in [5, 5.41) is 3.00. The van der Waals surface area contributed by atoms with E-state index in [9.17, 15) is 4.39 Å². The van der Waals surface area contributed by atoms with Crippen LogP contribution in [0.3, 0.4) is 0 Å². The van der Waals surface area contributed by atoms with Gasteiger partial charge in [-0.3, -0.25) is 0 Å². The average molecular weight is 181 g/mol. The highest BCUT2D eigenvalue weighted by Gasteiger charge is 2.17. The number of hydrogen-bond acceptors (Lipinski definition) is 1. The zero-order chi connectivity index (χ0) is 10.1. The van der Waals surface area contributed by atoms with Crippen LogP contribution in [0.2, 0.25) is 0 Å². The first-order valence-corrected chi connectivity index (χ1v) is 4.43. The summed E-state index contributed by atoms with van der Waals surface area (Å²) in [5.74, 6) is -0.197. The molecule has 2 heteroatoms. The molecule has 1 rings (SSSR count). The average Bonchev–Trinajstić information content (AvgIpc) is 2.01. The fourth-order valence-electron chi connectivity index (χ4n) is 1.38. The van der Waals surface area contributed by atoms with E-state index < -0.39 is 0 Å². The van der Waals surface area contributed by atoms with Crippen molar-refractivity contribution in [2.45, 2.75) is 26.2 Å². The van der Waals surface area contributed by atoms with Gasteiger partial charge < -0.3 is 5.32 Å². The lowest BCUT2D eigenvalue weighted by Crippen LogP contribution is -2.13. The summed E-state index contributed by atoms with van der Waals surface area (Å²) in [4.78, 5) is 0. The molecule has 0 spiro atoms. The number of nitrogens with one attached hydrogen (secondary N) is 1. The largest absolute Gasteiger partial charge is 0.388 e. The normalized spacial score (nSPS) is 11.5. The van der Waals surface area contributed by atoms with Crippen molar-refractivity contribution in [1.82, 2.24) is 0 Å². The molecule has 0 atom stereocenters. The molecule has 13 heavy (non-hydrogen) atoms. The molecule has 72 valence electrons. The summed E-state index contributed by atoms with van der Waals surface area (Å²) >= 11 is 0. The van der Waals surface area contributed by atoms with Crippen molar-refractivity contribution in [3.05, 3.63) is 29.6 Å². The fraction of sp³-hybridized carbons (Fsp3) is 0.455. The lowest BCUT2D eigenvalue weighted by Gasteiger charge is -2.22. The Balaban J connectivity index is 3.22. The molecule has 1 nitrogen and oxygen atoms in total. The zero-order valence-corrected chi connectivity index (χ0v) is 8.61. The molecule has 0 saturated carbocycles. The Kier molecular flexibility index (Phi) is 2.60. The van der Waals surface area contributed by atoms with Crippen LogP contribution in [-0.2, 0) is 5.41 Å². The molecule has 0 bridgehead atoms. The maximum absolute atomic E-state index is 12.9. The number of benzene rings is 1. The number of anilines is 1. The molecule has 0 radical (unpaired) electrons. The van der Waals surface area contributed by atoms with Crippen LogP contribution in [0.1, 0.15) is 26.3 Å². The molecule has 0 fully saturated rings. The highest BCUT2D eigenvalue weighted by Crippen LogP contribution is 2.29. The molecule has 1 aromatic carbocycles. The summed E-state index contributed by atoms with van der Waals surface area (Å²) in [6.07, 6.45) is 0. The topological polar surface area (TPSA) is 12.0 Å². The van der Waals surface area contributed by atoms with Crippen LogP contribution in [0.4, 0.5) is 10.1 Å². The third-order valence-electron chi connectivity index (χ3n) is 2.06. The van der Waals surface area contributed by atoms with E-state index in [2.05, 4.69) is 26.1 Å². The molecule has 1 aromatic rings. The third-order valence-corrected chi connectivity index (χ3v) is 2.06. The summed E-state index contributed by atoms with van der Waals surface area (Å²) in [6, 6.07) is 4.86. The van der Waals surface area contributed by atoms with E-state index in [1.165, 1.54) is 12.1 Å². The standard InChI is InChI=1S/C11H16FN/c1-11(2,3)9-6-5-8(12)7-10(9)13-4/h5-7,13H,1-4H3. The van der Waals surface area contributed by atoms with Gasteiger partial charge in [-0.1, -0.05) is 26.8 Å². The summed E-state index contributed by atoms with van der Waals surface area (Å²) in [7, 11) is 1.81. The predicted octanol–water partition coefficient (Wildman–Crippen LogP) is 3.16. The molecule has 0 aliphatic rings. The smallest absolute Gasteiger partial charge is 0.125 e. The molecule has 0 aliphatic heterocycles. The van der Waals surface area contributed by atoms with E-state index in [1.54, 1.807) is 0 Å². The molecule has 0 amide bonds. The van der Waals surface area contributed by atoms with Gasteiger partial charge in [0.1, 0.15) is 5.82 Å². The van der Waals surface area contributed by atoms with E-state index >= 15 is 0 Å². The van der Waals surface area contributed by atoms with Gasteiger partial charge in [-0.25, -0.2) is 4.39 Å². The van der Waals surface area contributed by atoms with Crippen LogP contribution >= 0.6 is 0 Å². The molecular formula is C11H16FN. The minimum Gasteiger partial charge on any atom is -0.388 e. The Morgan fingerprint density at radius 1 is 1.23 bits per heavy atom. The van der Waals surface area contributed by atoms with Crippen LogP contribution in [0.5, 0.6) is 0 Å². The molecule has 0 aliphatic carbocycles. The number of halogens is 1. The van der Waals surface area contributed by atoms with Gasteiger partial charge in [-0.05, 0) is 23.1 Å². The van der Waals surface area contributed by atoms with Crippen molar-refractivity contribution in [2.75, 3.05) is 12.4 Å². The van der Waals surface area contributed by atoms with Gasteiger partial charge in [0, 0.05) is 12.7 Å². The summed E-state index contributed by atoms with van der Waals surface area (Å²) < 4.78 is 12.9. The SMILES string of the molecule is CNc1cc(F)ccc1C(C)(C)C. The second-order valence-electron chi connectivity index (χ2n) is 4.19. The zero-order valence-electron chi connectivity index (χ0n) is 8.61. The van der Waals surface area contributed by atoms with Crippen LogP contribution < -0.4 is 5.32 Å². The monoisotopic (exact) mass is 181 g/mol. The molecule has 0 aromatic heterocycles. The first-order valence-electron chi connectivity index (χ1n) is 4.43. The highest BCUT2D eigenvalue weighted by molar-refractivity contribution is 5.53. The quantitative estimate of drug-likeness (QED) is 0.701. The second kappa shape index (κ2) is 3.36. The molecule has 0 unspecified atom stereocenters. The van der Waals surface area contributed by atoms with Crippen LogP contribution in [0, 0.1) is 5.82 Å². The second-order valence-corrected chi connectivity index (χ2v) is 4.19. The minimum absolute atomic E-state index is 0.0477. The van der Waals surface area contributed by atoms with Crippen LogP contribution in [-0.4, -0.2) is 7.05 Å². The highest BCUT2D eigenvalue weighted by atomic mass is 19.1. The van der Waals surface area contributed by atoms with Gasteiger partial charge >= 0.3 is 0 Å². The van der Waals surface area contributed by atoms with Crippen molar-refractivity contribution in [3.63, 3.8) is 0 Å². The van der Waals surface area contributed by atoms with Crippen molar-refractivity contribution in [3.8, 4) is 0 Å². The van der Waals surface area contributed by atoms with Crippen LogP contribution in [0.15, 0.2) is 18.2 Å². The van der Waals surface area contributed by atoms with Gasteiger partial charge in [0.05, 0.1) is 0 Å². The Labute approximate surface area is 79.0 Å². The van der Waals surface area contributed by atoms with E-state index in [0.29, 0.717) is 0 Å². The fourth-order valence-corrected chi connectivity index (χ4v) is 1.38. The Morgan fingerprint density at radius 3 is 2.31 bits per heavy atom. The van der Waals surface area contributed by atoms with Gasteiger partial charge in [0.25, 0.3) is 0 Å². The van der Waals surface area contributed by atoms with Gasteiger partial charge in [0.2, 0.25) is 0 Å². The predicted molar refractivity (Wildman–Crippen MR) is 54.6 cm³/mol. The lowest BCUT2D eigenvalue weighted by atomic mass is 9.86. The summed E-state index contributed by atoms with van der Waals surface area (Å²) in [6.45, 7) is 6.34. The van der Waals surface area contributed by atoms with Crippen molar-refractivity contribution < 1.29 is 4.39 Å². The van der Waals surface area contributed by atoms with E-state index in [1.807, 2.05) is 13.1 Å². The maximum atomic E-state index is 12.9. The third kappa shape index (κ3) is 2.20. The van der Waals surface area contributed by atoms with Gasteiger partial charge in [0.15, 0.2) is 0 Å². The van der Waals surface area contributed by atoms with Crippen molar-refractivity contribution in [2.24, 2.45) is 0 Å². The maximum Gasteiger partial charge on any atom is 0.125 e. The lowest BCUT2D eigenvalue weighted by molar-refractivity contribution is 0.585. The summed E-state index contributed by atoms with van der Waals surface area (Å²) in [5.41, 5.74) is 2.05. The molecule has 0 heterocycles. The Bertz CT molecular complexity index is 299. The Hall–Kier alpha value is -1.05. The van der Waals surface area contributed by atoms with Crippen LogP contribution in [0.25, 0.3) is 0 Å². The van der Waals surface area contributed by atoms with Crippen molar-refractivity contribution in [1.29, 1.82) is 0 Å². The van der Waals surface area contributed by atoms with E-state index in [0.717, 1.165) is 11.3 Å². The van der Waals surface area contributed by atoms with Gasteiger partial charge in [-0.15, -0.1) is 0 Å². The minimum atomic E-state index is -0.197. The van der Waals surface area contributed by atoms with Gasteiger partial charge in [-0.2, -0.15) is 0 Å². The van der Waals surface area contributed by atoms with E-state index in [-0.39, 0.29) is 11.2 Å².